The van der Waals surface area contributed by atoms with E-state index in [1.54, 1.807) is 11.9 Å². The summed E-state index contributed by atoms with van der Waals surface area (Å²) in [6, 6.07) is 9.89. The zero-order valence-corrected chi connectivity index (χ0v) is 11.0. The molecule has 1 amide bonds. The number of amides is 1. The Morgan fingerprint density at radius 1 is 1.41 bits per heavy atom. The second kappa shape index (κ2) is 6.35. The van der Waals surface area contributed by atoms with Gasteiger partial charge in [-0.15, -0.1) is 0 Å². The van der Waals surface area contributed by atoms with Crippen molar-refractivity contribution < 1.29 is 4.79 Å². The molecular weight excluding hydrogens is 232 g/mol. The van der Waals surface area contributed by atoms with Crippen LogP contribution in [0.4, 0.5) is 0 Å². The molecule has 0 aliphatic carbocycles. The molecule has 2 N–H and O–H groups in total. The van der Waals surface area contributed by atoms with Crippen LogP contribution >= 0.6 is 12.2 Å². The molecule has 92 valence electrons. The second-order valence-electron chi connectivity index (χ2n) is 4.24. The summed E-state index contributed by atoms with van der Waals surface area (Å²) in [5, 5.41) is 0. The highest BCUT2D eigenvalue weighted by molar-refractivity contribution is 7.80. The minimum Gasteiger partial charge on any atom is -0.393 e. The number of carbonyl (C=O) groups is 1. The van der Waals surface area contributed by atoms with Crippen LogP contribution in [0.2, 0.25) is 0 Å². The normalized spacial score (nSPS) is 11.9. The average Bonchev–Trinajstić information content (AvgIpc) is 2.29. The fourth-order valence-electron chi connectivity index (χ4n) is 1.46. The summed E-state index contributed by atoms with van der Waals surface area (Å²) in [7, 11) is 1.79. The maximum absolute atomic E-state index is 11.9. The van der Waals surface area contributed by atoms with Gasteiger partial charge in [0.05, 0.1) is 4.99 Å². The van der Waals surface area contributed by atoms with Crippen molar-refractivity contribution in [2.75, 3.05) is 7.05 Å². The van der Waals surface area contributed by atoms with Crippen molar-refractivity contribution in [3.8, 4) is 0 Å². The van der Waals surface area contributed by atoms with E-state index >= 15 is 0 Å². The summed E-state index contributed by atoms with van der Waals surface area (Å²) in [6.07, 6.45) is 0.374. The third-order valence-electron chi connectivity index (χ3n) is 2.65. The lowest BCUT2D eigenvalue weighted by Crippen LogP contribution is -2.30. The number of hydrogen-bond acceptors (Lipinski definition) is 2. The standard InChI is InChI=1S/C13H18N2OS/c1-10(13(14)17)8-12(16)15(2)9-11-6-4-3-5-7-11/h3-7,10H,8-9H2,1-2H3,(H2,14,17). The van der Waals surface area contributed by atoms with Crippen LogP contribution in [0.1, 0.15) is 18.9 Å². The van der Waals surface area contributed by atoms with E-state index < -0.39 is 0 Å². The van der Waals surface area contributed by atoms with Crippen LogP contribution in [-0.2, 0) is 11.3 Å². The molecule has 1 aromatic rings. The Morgan fingerprint density at radius 2 is 2.00 bits per heavy atom. The molecule has 0 spiro atoms. The molecule has 1 aromatic carbocycles. The molecule has 0 aliphatic rings. The van der Waals surface area contributed by atoms with E-state index in [1.165, 1.54) is 0 Å². The van der Waals surface area contributed by atoms with Gasteiger partial charge in [-0.05, 0) is 5.56 Å². The molecule has 1 unspecified atom stereocenters. The van der Waals surface area contributed by atoms with Crippen LogP contribution in [0.5, 0.6) is 0 Å². The van der Waals surface area contributed by atoms with Gasteiger partial charge >= 0.3 is 0 Å². The lowest BCUT2D eigenvalue weighted by Gasteiger charge is -2.19. The van der Waals surface area contributed by atoms with Crippen LogP contribution in [0.25, 0.3) is 0 Å². The van der Waals surface area contributed by atoms with Crippen molar-refractivity contribution in [2.24, 2.45) is 11.7 Å². The Bertz CT molecular complexity index is 392. The van der Waals surface area contributed by atoms with Crippen LogP contribution in [0.15, 0.2) is 30.3 Å². The predicted molar refractivity (Wildman–Crippen MR) is 73.5 cm³/mol. The first kappa shape index (κ1) is 13.6. The van der Waals surface area contributed by atoms with Crippen molar-refractivity contribution in [3.05, 3.63) is 35.9 Å². The lowest BCUT2D eigenvalue weighted by molar-refractivity contribution is -0.130. The van der Waals surface area contributed by atoms with E-state index in [1.807, 2.05) is 37.3 Å². The maximum atomic E-state index is 11.9. The van der Waals surface area contributed by atoms with Gasteiger partial charge in [-0.1, -0.05) is 49.5 Å². The zero-order valence-electron chi connectivity index (χ0n) is 10.2. The minimum atomic E-state index is -0.0456. The quantitative estimate of drug-likeness (QED) is 0.813. The Kier molecular flexibility index (Phi) is 5.10. The highest BCUT2D eigenvalue weighted by Crippen LogP contribution is 2.08. The summed E-state index contributed by atoms with van der Waals surface area (Å²) in [4.78, 5) is 14.0. The number of nitrogens with zero attached hydrogens (tertiary/aromatic N) is 1. The molecule has 17 heavy (non-hydrogen) atoms. The Balaban J connectivity index is 2.50. The van der Waals surface area contributed by atoms with Crippen molar-refractivity contribution in [1.82, 2.24) is 4.90 Å². The molecule has 3 nitrogen and oxygen atoms in total. The first-order valence-corrected chi connectivity index (χ1v) is 5.98. The van der Waals surface area contributed by atoms with E-state index in [0.717, 1.165) is 5.56 Å². The molecule has 0 heterocycles. The van der Waals surface area contributed by atoms with Gasteiger partial charge < -0.3 is 10.6 Å². The van der Waals surface area contributed by atoms with Gasteiger partial charge in [0.15, 0.2) is 0 Å². The van der Waals surface area contributed by atoms with Gasteiger partial charge in [0.25, 0.3) is 0 Å². The highest BCUT2D eigenvalue weighted by Gasteiger charge is 2.15. The molecule has 0 aromatic heterocycles. The molecule has 1 rings (SSSR count). The predicted octanol–water partition coefficient (Wildman–Crippen LogP) is 1.96. The molecule has 1 atom stereocenters. The minimum absolute atomic E-state index is 0.0456. The summed E-state index contributed by atoms with van der Waals surface area (Å²) in [5.74, 6) is 0.0184. The van der Waals surface area contributed by atoms with Gasteiger partial charge in [0.1, 0.15) is 0 Å². The molecule has 4 heteroatoms. The summed E-state index contributed by atoms with van der Waals surface area (Å²) >= 11 is 4.86. The molecule has 0 saturated carbocycles. The van der Waals surface area contributed by atoms with E-state index in [0.29, 0.717) is 18.0 Å². The second-order valence-corrected chi connectivity index (χ2v) is 4.71. The first-order chi connectivity index (χ1) is 8.00. The fraction of sp³-hybridized carbons (Fsp3) is 0.385. The van der Waals surface area contributed by atoms with Crippen molar-refractivity contribution >= 4 is 23.1 Å². The number of thiocarbonyl (C=S) groups is 1. The number of rotatable bonds is 5. The molecule has 0 radical (unpaired) electrons. The van der Waals surface area contributed by atoms with Crippen molar-refractivity contribution in [1.29, 1.82) is 0 Å². The topological polar surface area (TPSA) is 46.3 Å². The van der Waals surface area contributed by atoms with E-state index in [9.17, 15) is 4.79 Å². The van der Waals surface area contributed by atoms with Crippen molar-refractivity contribution in [2.45, 2.75) is 19.9 Å². The van der Waals surface area contributed by atoms with Crippen LogP contribution in [0, 0.1) is 5.92 Å². The van der Waals surface area contributed by atoms with E-state index in [-0.39, 0.29) is 11.8 Å². The molecular formula is C13H18N2OS. The molecule has 0 fully saturated rings. The Hall–Kier alpha value is -1.42. The fourth-order valence-corrected chi connectivity index (χ4v) is 1.55. The summed E-state index contributed by atoms with van der Waals surface area (Å²) in [6.45, 7) is 2.49. The summed E-state index contributed by atoms with van der Waals surface area (Å²) in [5.41, 5.74) is 6.61. The van der Waals surface area contributed by atoms with Crippen LogP contribution in [-0.4, -0.2) is 22.8 Å². The van der Waals surface area contributed by atoms with Gasteiger partial charge in [0.2, 0.25) is 5.91 Å². The van der Waals surface area contributed by atoms with Crippen molar-refractivity contribution in [3.63, 3.8) is 0 Å². The largest absolute Gasteiger partial charge is 0.393 e. The van der Waals surface area contributed by atoms with Gasteiger partial charge in [-0.25, -0.2) is 0 Å². The maximum Gasteiger partial charge on any atom is 0.223 e. The third-order valence-corrected chi connectivity index (χ3v) is 3.06. The van der Waals surface area contributed by atoms with Gasteiger partial charge in [-0.2, -0.15) is 0 Å². The Labute approximate surface area is 108 Å². The number of nitrogens with two attached hydrogens (primary N) is 1. The van der Waals surface area contributed by atoms with Crippen LogP contribution < -0.4 is 5.73 Å². The van der Waals surface area contributed by atoms with Gasteiger partial charge in [-0.3, -0.25) is 4.79 Å². The molecule has 0 saturated heterocycles. The summed E-state index contributed by atoms with van der Waals surface area (Å²) < 4.78 is 0. The van der Waals surface area contributed by atoms with Crippen LogP contribution in [0.3, 0.4) is 0 Å². The number of benzene rings is 1. The SMILES string of the molecule is CC(CC(=O)N(C)Cc1ccccc1)C(N)=S. The molecule has 0 bridgehead atoms. The van der Waals surface area contributed by atoms with E-state index in [4.69, 9.17) is 18.0 Å². The first-order valence-electron chi connectivity index (χ1n) is 5.58. The number of carbonyl (C=O) groups excluding carboxylic acids is 1. The smallest absolute Gasteiger partial charge is 0.223 e. The van der Waals surface area contributed by atoms with E-state index in [2.05, 4.69) is 0 Å². The molecule has 0 aliphatic heterocycles. The van der Waals surface area contributed by atoms with Gasteiger partial charge in [0, 0.05) is 25.9 Å². The lowest BCUT2D eigenvalue weighted by atomic mass is 10.1. The highest BCUT2D eigenvalue weighted by atomic mass is 32.1. The monoisotopic (exact) mass is 250 g/mol. The average molecular weight is 250 g/mol. The third kappa shape index (κ3) is 4.53. The Morgan fingerprint density at radius 3 is 2.53 bits per heavy atom. The zero-order chi connectivity index (χ0) is 12.8. The number of hydrogen-bond donors (Lipinski definition) is 1.